The molecule has 2 unspecified atom stereocenters. The van der Waals surface area contributed by atoms with Gasteiger partial charge in [-0.2, -0.15) is 0 Å². The van der Waals surface area contributed by atoms with Crippen LogP contribution in [0, 0.1) is 0 Å². The molecular weight excluding hydrogens is 236 g/mol. The van der Waals surface area contributed by atoms with E-state index in [0.717, 1.165) is 31.9 Å². The van der Waals surface area contributed by atoms with Gasteiger partial charge in [-0.15, -0.1) is 0 Å². The van der Waals surface area contributed by atoms with E-state index in [1.807, 2.05) is 0 Å². The van der Waals surface area contributed by atoms with Crippen molar-refractivity contribution in [1.29, 1.82) is 0 Å². The molecule has 1 saturated heterocycles. The molecule has 1 aliphatic rings. The van der Waals surface area contributed by atoms with Crippen molar-refractivity contribution in [3.8, 4) is 5.75 Å². The van der Waals surface area contributed by atoms with Crippen molar-refractivity contribution < 1.29 is 4.74 Å². The van der Waals surface area contributed by atoms with Gasteiger partial charge < -0.3 is 15.0 Å². The quantitative estimate of drug-likeness (QED) is 0.882. The SMILES string of the molecule is CCCOc1ccc(N2CC(CC)NCC2C)cc1. The molecule has 0 saturated carbocycles. The molecule has 19 heavy (non-hydrogen) atoms. The normalized spacial score (nSPS) is 23.4. The van der Waals surface area contributed by atoms with Crippen LogP contribution in [0.4, 0.5) is 5.69 Å². The van der Waals surface area contributed by atoms with E-state index >= 15 is 0 Å². The topological polar surface area (TPSA) is 24.5 Å². The minimum Gasteiger partial charge on any atom is -0.494 e. The minimum atomic E-state index is 0.546. The number of hydrogen-bond donors (Lipinski definition) is 1. The third-order valence-corrected chi connectivity index (χ3v) is 3.79. The van der Waals surface area contributed by atoms with Crippen LogP contribution in [0.1, 0.15) is 33.6 Å². The molecule has 2 rings (SSSR count). The highest BCUT2D eigenvalue weighted by Crippen LogP contribution is 2.23. The molecule has 1 aromatic carbocycles. The molecule has 0 spiro atoms. The van der Waals surface area contributed by atoms with Gasteiger partial charge in [0.25, 0.3) is 0 Å². The summed E-state index contributed by atoms with van der Waals surface area (Å²) in [4.78, 5) is 2.49. The van der Waals surface area contributed by atoms with E-state index < -0.39 is 0 Å². The number of hydrogen-bond acceptors (Lipinski definition) is 3. The van der Waals surface area contributed by atoms with Gasteiger partial charge in [0.15, 0.2) is 0 Å². The first kappa shape index (κ1) is 14.2. The maximum atomic E-state index is 5.64. The van der Waals surface area contributed by atoms with Gasteiger partial charge in [0.05, 0.1) is 6.61 Å². The Bertz CT molecular complexity index is 377. The average molecular weight is 262 g/mol. The van der Waals surface area contributed by atoms with Crippen LogP contribution < -0.4 is 15.0 Å². The summed E-state index contributed by atoms with van der Waals surface area (Å²) in [6, 6.07) is 9.68. The summed E-state index contributed by atoms with van der Waals surface area (Å²) >= 11 is 0. The van der Waals surface area contributed by atoms with Crippen molar-refractivity contribution in [3.63, 3.8) is 0 Å². The summed E-state index contributed by atoms with van der Waals surface area (Å²) < 4.78 is 5.64. The lowest BCUT2D eigenvalue weighted by molar-refractivity contribution is 0.317. The number of anilines is 1. The maximum Gasteiger partial charge on any atom is 0.119 e. The monoisotopic (exact) mass is 262 g/mol. The smallest absolute Gasteiger partial charge is 0.119 e. The average Bonchev–Trinajstić information content (AvgIpc) is 2.46. The summed E-state index contributed by atoms with van der Waals surface area (Å²) in [6.45, 7) is 9.59. The molecule has 0 aliphatic carbocycles. The lowest BCUT2D eigenvalue weighted by Gasteiger charge is -2.40. The molecule has 3 nitrogen and oxygen atoms in total. The summed E-state index contributed by atoms with van der Waals surface area (Å²) in [5, 5.41) is 3.59. The highest BCUT2D eigenvalue weighted by atomic mass is 16.5. The first-order valence-electron chi connectivity index (χ1n) is 7.47. The van der Waals surface area contributed by atoms with E-state index in [4.69, 9.17) is 4.74 Å². The number of piperazine rings is 1. The summed E-state index contributed by atoms with van der Waals surface area (Å²) in [6.07, 6.45) is 2.23. The minimum absolute atomic E-state index is 0.546. The molecule has 0 amide bonds. The van der Waals surface area contributed by atoms with Gasteiger partial charge in [-0.25, -0.2) is 0 Å². The number of rotatable bonds is 5. The zero-order chi connectivity index (χ0) is 13.7. The van der Waals surface area contributed by atoms with Crippen molar-refractivity contribution in [2.75, 3.05) is 24.6 Å². The first-order valence-corrected chi connectivity index (χ1v) is 7.47. The van der Waals surface area contributed by atoms with Crippen LogP contribution in [0.5, 0.6) is 5.75 Å². The van der Waals surface area contributed by atoms with Crippen LogP contribution in [0.2, 0.25) is 0 Å². The highest BCUT2D eigenvalue weighted by molar-refractivity contribution is 5.50. The molecule has 0 aromatic heterocycles. The van der Waals surface area contributed by atoms with E-state index in [0.29, 0.717) is 12.1 Å². The molecular formula is C16H26N2O. The van der Waals surface area contributed by atoms with Crippen LogP contribution in [0.3, 0.4) is 0 Å². The fourth-order valence-corrected chi connectivity index (χ4v) is 2.52. The molecule has 1 N–H and O–H groups in total. The fourth-order valence-electron chi connectivity index (χ4n) is 2.52. The van der Waals surface area contributed by atoms with E-state index in [9.17, 15) is 0 Å². The van der Waals surface area contributed by atoms with Gasteiger partial charge in [-0.1, -0.05) is 13.8 Å². The molecule has 3 heteroatoms. The van der Waals surface area contributed by atoms with E-state index in [2.05, 4.69) is 55.3 Å². The second kappa shape index (κ2) is 6.80. The molecule has 106 valence electrons. The second-order valence-electron chi connectivity index (χ2n) is 5.36. The molecule has 0 radical (unpaired) electrons. The standard InChI is InChI=1S/C16H26N2O/c1-4-10-19-16-8-6-15(7-9-16)18-12-14(5-2)17-11-13(18)3/h6-9,13-14,17H,4-5,10-12H2,1-3H3. The van der Waals surface area contributed by atoms with Crippen molar-refractivity contribution in [2.45, 2.75) is 45.7 Å². The number of nitrogens with one attached hydrogen (secondary N) is 1. The van der Waals surface area contributed by atoms with Crippen LogP contribution in [-0.4, -0.2) is 31.8 Å². The zero-order valence-electron chi connectivity index (χ0n) is 12.4. The van der Waals surface area contributed by atoms with Gasteiger partial charge in [-0.05, 0) is 44.0 Å². The number of benzene rings is 1. The number of nitrogens with zero attached hydrogens (tertiary/aromatic N) is 1. The highest BCUT2D eigenvalue weighted by Gasteiger charge is 2.23. The van der Waals surface area contributed by atoms with Crippen LogP contribution in [0.15, 0.2) is 24.3 Å². The molecule has 1 aromatic rings. The van der Waals surface area contributed by atoms with E-state index in [-0.39, 0.29) is 0 Å². The van der Waals surface area contributed by atoms with Crippen LogP contribution in [0.25, 0.3) is 0 Å². The Hall–Kier alpha value is -1.22. The zero-order valence-corrected chi connectivity index (χ0v) is 12.4. The molecule has 1 aliphatic heterocycles. The Morgan fingerprint density at radius 3 is 2.63 bits per heavy atom. The lowest BCUT2D eigenvalue weighted by Crippen LogP contribution is -2.55. The van der Waals surface area contributed by atoms with Gasteiger partial charge >= 0.3 is 0 Å². The molecule has 2 atom stereocenters. The Morgan fingerprint density at radius 1 is 1.26 bits per heavy atom. The van der Waals surface area contributed by atoms with Crippen molar-refractivity contribution in [2.24, 2.45) is 0 Å². The van der Waals surface area contributed by atoms with Gasteiger partial charge in [0.1, 0.15) is 5.75 Å². The van der Waals surface area contributed by atoms with Crippen molar-refractivity contribution in [1.82, 2.24) is 5.32 Å². The Morgan fingerprint density at radius 2 is 2.00 bits per heavy atom. The van der Waals surface area contributed by atoms with E-state index in [1.54, 1.807) is 0 Å². The molecule has 0 bridgehead atoms. The van der Waals surface area contributed by atoms with E-state index in [1.165, 1.54) is 12.1 Å². The van der Waals surface area contributed by atoms with Gasteiger partial charge in [0.2, 0.25) is 0 Å². The van der Waals surface area contributed by atoms with Gasteiger partial charge in [0, 0.05) is 30.9 Å². The third-order valence-electron chi connectivity index (χ3n) is 3.79. The summed E-state index contributed by atoms with van der Waals surface area (Å²) in [5.74, 6) is 0.973. The maximum absolute atomic E-state index is 5.64. The predicted molar refractivity (Wildman–Crippen MR) is 81.1 cm³/mol. The predicted octanol–water partition coefficient (Wildman–Crippen LogP) is 3.05. The van der Waals surface area contributed by atoms with Crippen molar-refractivity contribution in [3.05, 3.63) is 24.3 Å². The fraction of sp³-hybridized carbons (Fsp3) is 0.625. The van der Waals surface area contributed by atoms with Crippen LogP contribution >= 0.6 is 0 Å². The van der Waals surface area contributed by atoms with Crippen LogP contribution in [-0.2, 0) is 0 Å². The van der Waals surface area contributed by atoms with Crippen molar-refractivity contribution >= 4 is 5.69 Å². The molecule has 1 fully saturated rings. The first-order chi connectivity index (χ1) is 9.24. The molecule has 1 heterocycles. The van der Waals surface area contributed by atoms with Gasteiger partial charge in [-0.3, -0.25) is 0 Å². The lowest BCUT2D eigenvalue weighted by atomic mass is 10.1. The number of ether oxygens (including phenoxy) is 1. The largest absolute Gasteiger partial charge is 0.494 e. The Kier molecular flexibility index (Phi) is 5.08. The Labute approximate surface area is 116 Å². The Balaban J connectivity index is 2.03. The second-order valence-corrected chi connectivity index (χ2v) is 5.36. The summed E-state index contributed by atoms with van der Waals surface area (Å²) in [7, 11) is 0. The third kappa shape index (κ3) is 3.63. The summed E-state index contributed by atoms with van der Waals surface area (Å²) in [5.41, 5.74) is 1.30.